The van der Waals surface area contributed by atoms with Crippen molar-refractivity contribution in [3.05, 3.63) is 46.4 Å². The average molecular weight is 274 g/mol. The maximum atomic E-state index is 12.3. The number of rotatable bonds is 2. The predicted octanol–water partition coefficient (Wildman–Crippen LogP) is 2.59. The number of benzene rings is 1. The lowest BCUT2D eigenvalue weighted by Crippen LogP contribution is -2.26. The first-order chi connectivity index (χ1) is 8.79. The zero-order chi connectivity index (χ0) is 14.2. The van der Waals surface area contributed by atoms with Crippen LogP contribution in [0.2, 0.25) is 0 Å². The van der Waals surface area contributed by atoms with Crippen LogP contribution in [0.15, 0.2) is 35.3 Å². The lowest BCUT2D eigenvalue weighted by molar-refractivity contribution is 0.591. The highest BCUT2D eigenvalue weighted by Gasteiger charge is 2.14. The van der Waals surface area contributed by atoms with Gasteiger partial charge < -0.3 is 10.3 Å². The van der Waals surface area contributed by atoms with Gasteiger partial charge in [0.05, 0.1) is 11.5 Å². The Morgan fingerprint density at radius 2 is 2.00 bits per heavy atom. The zero-order valence-electron chi connectivity index (χ0n) is 11.4. The molecule has 0 fully saturated rings. The smallest absolute Gasteiger partial charge is 0.258 e. The van der Waals surface area contributed by atoms with Crippen LogP contribution in [0.1, 0.15) is 26.3 Å². The van der Waals surface area contributed by atoms with Gasteiger partial charge in [-0.05, 0) is 28.5 Å². The largest absolute Gasteiger partial charge is 0.392 e. The normalized spacial score (nSPS) is 11.7. The molecule has 1 aromatic carbocycles. The molecule has 2 rings (SSSR count). The summed E-state index contributed by atoms with van der Waals surface area (Å²) < 4.78 is 1.54. The van der Waals surface area contributed by atoms with Gasteiger partial charge in [-0.25, -0.2) is 0 Å². The van der Waals surface area contributed by atoms with Gasteiger partial charge in [0, 0.05) is 11.6 Å². The Balaban J connectivity index is 2.60. The molecule has 0 unspecified atom stereocenters. The molecule has 4 heteroatoms. The number of nitrogens with zero attached hydrogens (tertiary/aromatic N) is 1. The van der Waals surface area contributed by atoms with E-state index in [0.717, 1.165) is 5.39 Å². The molecule has 0 spiro atoms. The maximum Gasteiger partial charge on any atom is 0.258 e. The Labute approximate surface area is 118 Å². The number of nitrogens with two attached hydrogens (primary N) is 1. The van der Waals surface area contributed by atoms with Crippen molar-refractivity contribution in [3.63, 3.8) is 0 Å². The molecule has 0 atom stereocenters. The van der Waals surface area contributed by atoms with Gasteiger partial charge in [-0.1, -0.05) is 45.1 Å². The van der Waals surface area contributed by atoms with E-state index in [2.05, 4.69) is 26.8 Å². The predicted molar refractivity (Wildman–Crippen MR) is 83.7 cm³/mol. The summed E-state index contributed by atoms with van der Waals surface area (Å²) in [6, 6.07) is 7.90. The quantitative estimate of drug-likeness (QED) is 0.856. The standard InChI is InChI=1S/C15H18N2OS/c1-15(2,3)11-4-5-12-10(8-11)6-7-17(14(12)18)9-13(16)19/h4-8H,9H2,1-3H3,(H2,16,19). The number of thiocarbonyl (C=S) groups is 1. The summed E-state index contributed by atoms with van der Waals surface area (Å²) in [5, 5.41) is 1.66. The number of pyridine rings is 1. The molecule has 0 aliphatic heterocycles. The molecular formula is C15H18N2OS. The second-order valence-electron chi connectivity index (χ2n) is 5.77. The van der Waals surface area contributed by atoms with Gasteiger partial charge in [0.2, 0.25) is 0 Å². The summed E-state index contributed by atoms with van der Waals surface area (Å²) >= 11 is 4.85. The minimum absolute atomic E-state index is 0.0502. The Morgan fingerprint density at radius 1 is 1.32 bits per heavy atom. The number of fused-ring (bicyclic) bond motifs is 1. The van der Waals surface area contributed by atoms with Crippen molar-refractivity contribution < 1.29 is 0 Å². The van der Waals surface area contributed by atoms with E-state index in [9.17, 15) is 4.79 Å². The Morgan fingerprint density at radius 3 is 2.58 bits per heavy atom. The zero-order valence-corrected chi connectivity index (χ0v) is 12.3. The topological polar surface area (TPSA) is 48.0 Å². The third kappa shape index (κ3) is 2.84. The van der Waals surface area contributed by atoms with Gasteiger partial charge in [0.25, 0.3) is 5.56 Å². The van der Waals surface area contributed by atoms with Crippen molar-refractivity contribution in [1.82, 2.24) is 4.57 Å². The second-order valence-corrected chi connectivity index (χ2v) is 6.29. The fourth-order valence-electron chi connectivity index (χ4n) is 2.05. The van der Waals surface area contributed by atoms with Crippen LogP contribution in [0.25, 0.3) is 10.8 Å². The highest BCUT2D eigenvalue weighted by molar-refractivity contribution is 7.80. The molecule has 0 bridgehead atoms. The summed E-state index contributed by atoms with van der Waals surface area (Å²) in [5.74, 6) is 0. The third-order valence-electron chi connectivity index (χ3n) is 3.17. The first kappa shape index (κ1) is 13.7. The molecule has 2 aromatic rings. The molecule has 3 nitrogen and oxygen atoms in total. The van der Waals surface area contributed by atoms with Crippen LogP contribution >= 0.6 is 12.2 Å². The van der Waals surface area contributed by atoms with Crippen LogP contribution in [-0.2, 0) is 12.0 Å². The van der Waals surface area contributed by atoms with E-state index < -0.39 is 0 Å². The Bertz CT molecular complexity index is 695. The van der Waals surface area contributed by atoms with E-state index in [4.69, 9.17) is 18.0 Å². The van der Waals surface area contributed by atoms with Crippen molar-refractivity contribution in [2.75, 3.05) is 0 Å². The lowest BCUT2D eigenvalue weighted by atomic mass is 9.86. The molecular weight excluding hydrogens is 256 g/mol. The minimum Gasteiger partial charge on any atom is -0.392 e. The number of hydrogen-bond donors (Lipinski definition) is 1. The average Bonchev–Trinajstić information content (AvgIpc) is 2.31. The molecule has 2 N–H and O–H groups in total. The van der Waals surface area contributed by atoms with Crippen LogP contribution in [0.5, 0.6) is 0 Å². The van der Waals surface area contributed by atoms with Crippen molar-refractivity contribution >= 4 is 28.0 Å². The van der Waals surface area contributed by atoms with Crippen LogP contribution < -0.4 is 11.3 Å². The second kappa shape index (κ2) is 4.78. The highest BCUT2D eigenvalue weighted by Crippen LogP contribution is 2.24. The molecule has 0 aliphatic rings. The summed E-state index contributed by atoms with van der Waals surface area (Å²) in [6.07, 6.45) is 1.75. The minimum atomic E-state index is -0.0502. The van der Waals surface area contributed by atoms with Crippen LogP contribution in [-0.4, -0.2) is 9.56 Å². The van der Waals surface area contributed by atoms with Gasteiger partial charge in [-0.15, -0.1) is 0 Å². The van der Waals surface area contributed by atoms with Crippen molar-refractivity contribution in [3.8, 4) is 0 Å². The van der Waals surface area contributed by atoms with E-state index >= 15 is 0 Å². The molecule has 0 radical (unpaired) electrons. The maximum absolute atomic E-state index is 12.3. The first-order valence-electron chi connectivity index (χ1n) is 6.21. The van der Waals surface area contributed by atoms with E-state index in [-0.39, 0.29) is 17.5 Å². The molecule has 1 heterocycles. The van der Waals surface area contributed by atoms with Gasteiger partial charge in [0.1, 0.15) is 0 Å². The van der Waals surface area contributed by atoms with Crippen LogP contribution in [0, 0.1) is 0 Å². The van der Waals surface area contributed by atoms with Gasteiger partial charge in [-0.3, -0.25) is 4.79 Å². The SMILES string of the molecule is CC(C)(C)c1ccc2c(=O)n(CC(N)=S)ccc2c1. The Kier molecular flexibility index (Phi) is 3.45. The lowest BCUT2D eigenvalue weighted by Gasteiger charge is -2.19. The fraction of sp³-hybridized carbons (Fsp3) is 0.333. The van der Waals surface area contributed by atoms with Crippen molar-refractivity contribution in [2.24, 2.45) is 5.73 Å². The van der Waals surface area contributed by atoms with Crippen LogP contribution in [0.3, 0.4) is 0 Å². The molecule has 1 aromatic heterocycles. The van der Waals surface area contributed by atoms with E-state index in [1.165, 1.54) is 5.56 Å². The highest BCUT2D eigenvalue weighted by atomic mass is 32.1. The monoisotopic (exact) mass is 274 g/mol. The molecule has 100 valence electrons. The summed E-state index contributed by atoms with van der Waals surface area (Å²) in [5.41, 5.74) is 6.73. The van der Waals surface area contributed by atoms with E-state index in [0.29, 0.717) is 10.4 Å². The van der Waals surface area contributed by atoms with Crippen molar-refractivity contribution in [1.29, 1.82) is 0 Å². The molecule has 0 amide bonds. The molecule has 19 heavy (non-hydrogen) atoms. The molecule has 0 saturated heterocycles. The first-order valence-corrected chi connectivity index (χ1v) is 6.62. The number of hydrogen-bond acceptors (Lipinski definition) is 2. The van der Waals surface area contributed by atoms with E-state index in [1.54, 1.807) is 10.8 Å². The summed E-state index contributed by atoms with van der Waals surface area (Å²) in [6.45, 7) is 6.75. The van der Waals surface area contributed by atoms with Crippen LogP contribution in [0.4, 0.5) is 0 Å². The van der Waals surface area contributed by atoms with Gasteiger partial charge in [-0.2, -0.15) is 0 Å². The van der Waals surface area contributed by atoms with Crippen molar-refractivity contribution in [2.45, 2.75) is 32.7 Å². The Hall–Kier alpha value is -1.68. The van der Waals surface area contributed by atoms with Gasteiger partial charge in [0.15, 0.2) is 0 Å². The molecule has 0 saturated carbocycles. The van der Waals surface area contributed by atoms with E-state index in [1.807, 2.05) is 18.2 Å². The summed E-state index contributed by atoms with van der Waals surface area (Å²) in [4.78, 5) is 12.6. The fourth-order valence-corrected chi connectivity index (χ4v) is 2.19. The summed E-state index contributed by atoms with van der Waals surface area (Å²) in [7, 11) is 0. The number of aromatic nitrogens is 1. The molecule has 0 aliphatic carbocycles. The van der Waals surface area contributed by atoms with Gasteiger partial charge >= 0.3 is 0 Å². The third-order valence-corrected chi connectivity index (χ3v) is 3.30.